The molecular formula is C64H122CaO8. The fourth-order valence-corrected chi connectivity index (χ4v) is 9.88. The quantitative estimate of drug-likeness (QED) is 0.0334. The van der Waals surface area contributed by atoms with Crippen LogP contribution in [0.15, 0.2) is 0 Å². The van der Waals surface area contributed by atoms with Crippen molar-refractivity contribution in [2.24, 2.45) is 0 Å². The molecule has 428 valence electrons. The Kier molecular flexibility index (Phi) is 68.4. The normalized spacial score (nSPS) is 11.9. The third kappa shape index (κ3) is 67.2. The van der Waals surface area contributed by atoms with E-state index in [-0.39, 0.29) is 74.7 Å². The van der Waals surface area contributed by atoms with Crippen LogP contribution in [-0.4, -0.2) is 73.8 Å². The number of rotatable bonds is 58. The third-order valence-corrected chi connectivity index (χ3v) is 14.6. The predicted molar refractivity (Wildman–Crippen MR) is 308 cm³/mol. The van der Waals surface area contributed by atoms with Crippen LogP contribution in [0.3, 0.4) is 0 Å². The number of hydrogen-bond donors (Lipinski definition) is 0. The van der Waals surface area contributed by atoms with E-state index in [9.17, 15) is 29.4 Å². The van der Waals surface area contributed by atoms with E-state index < -0.39 is 11.9 Å². The van der Waals surface area contributed by atoms with Gasteiger partial charge in [0.25, 0.3) is 0 Å². The van der Waals surface area contributed by atoms with Crippen molar-refractivity contribution >= 4 is 61.6 Å². The first-order valence-corrected chi connectivity index (χ1v) is 32.0. The Balaban J connectivity index is -0.00000132. The molecule has 0 saturated heterocycles. The molecule has 0 aromatic heterocycles. The van der Waals surface area contributed by atoms with Crippen LogP contribution in [0.4, 0.5) is 0 Å². The van der Waals surface area contributed by atoms with Crippen molar-refractivity contribution in [1.82, 2.24) is 0 Å². The van der Waals surface area contributed by atoms with Crippen molar-refractivity contribution in [2.45, 2.75) is 387 Å². The van der Waals surface area contributed by atoms with Gasteiger partial charge >= 0.3 is 49.7 Å². The molecular weight excluding hydrogens is 937 g/mol. The summed E-state index contributed by atoms with van der Waals surface area (Å²) in [5.41, 5.74) is 0. The summed E-state index contributed by atoms with van der Waals surface area (Å²) in [6, 6.07) is 0. The van der Waals surface area contributed by atoms with E-state index in [2.05, 4.69) is 27.7 Å². The summed E-state index contributed by atoms with van der Waals surface area (Å²) in [7, 11) is 0. The van der Waals surface area contributed by atoms with Crippen molar-refractivity contribution < 1.29 is 38.9 Å². The van der Waals surface area contributed by atoms with Gasteiger partial charge in [-0.25, -0.2) is 0 Å². The summed E-state index contributed by atoms with van der Waals surface area (Å²) in [6.45, 7) is 9.03. The molecule has 0 aliphatic heterocycles. The summed E-state index contributed by atoms with van der Waals surface area (Å²) in [5.74, 6) is -2.03. The van der Waals surface area contributed by atoms with Crippen LogP contribution in [0.2, 0.25) is 0 Å². The van der Waals surface area contributed by atoms with Gasteiger partial charge in [-0.1, -0.05) is 272 Å². The van der Waals surface area contributed by atoms with E-state index in [1.807, 2.05) is 0 Å². The SMILES string of the molecule is CCCCCCCCCCCCCC(=O)OC(CCCCCCCCCCC)CCCCCC(=O)[O-].CCCCCCCCCCCCCC(=O)OC(CCCCCCCCCCC)CCCCCC(=O)[O-].[Ca+2]. The molecule has 0 aliphatic carbocycles. The van der Waals surface area contributed by atoms with Crippen LogP contribution in [0.25, 0.3) is 0 Å². The molecule has 0 fully saturated rings. The van der Waals surface area contributed by atoms with Crippen molar-refractivity contribution in [3.8, 4) is 0 Å². The van der Waals surface area contributed by atoms with Crippen molar-refractivity contribution in [3.63, 3.8) is 0 Å². The molecule has 0 saturated carbocycles. The molecule has 0 aliphatic rings. The molecule has 0 N–H and O–H groups in total. The van der Waals surface area contributed by atoms with E-state index in [0.717, 1.165) is 89.9 Å². The second-order valence-electron chi connectivity index (χ2n) is 22.0. The number of esters is 2. The molecule has 0 rings (SSSR count). The van der Waals surface area contributed by atoms with E-state index in [4.69, 9.17) is 9.47 Å². The Bertz CT molecular complexity index is 1050. The number of unbranched alkanes of at least 4 members (excludes halogenated alkanes) is 40. The van der Waals surface area contributed by atoms with Gasteiger partial charge in [0.15, 0.2) is 0 Å². The van der Waals surface area contributed by atoms with Gasteiger partial charge in [-0.2, -0.15) is 0 Å². The van der Waals surface area contributed by atoms with E-state index in [0.29, 0.717) is 25.7 Å². The van der Waals surface area contributed by atoms with Crippen LogP contribution in [0, 0.1) is 0 Å². The summed E-state index contributed by atoms with van der Waals surface area (Å²) < 4.78 is 11.7. The van der Waals surface area contributed by atoms with Crippen LogP contribution >= 0.6 is 0 Å². The molecule has 0 heterocycles. The molecule has 0 aromatic carbocycles. The summed E-state index contributed by atoms with van der Waals surface area (Å²) in [4.78, 5) is 46.1. The van der Waals surface area contributed by atoms with E-state index in [1.54, 1.807) is 0 Å². The minimum absolute atomic E-state index is 0. The number of carbonyl (C=O) groups excluding carboxylic acids is 4. The fourth-order valence-electron chi connectivity index (χ4n) is 9.88. The van der Waals surface area contributed by atoms with Crippen LogP contribution in [0.5, 0.6) is 0 Å². The smallest absolute Gasteiger partial charge is 0.550 e. The topological polar surface area (TPSA) is 133 Å². The Morgan fingerprint density at radius 1 is 0.260 bits per heavy atom. The average Bonchev–Trinajstić information content (AvgIpc) is 3.35. The van der Waals surface area contributed by atoms with Gasteiger partial charge in [0.05, 0.1) is 0 Å². The number of carboxylic acids is 2. The number of aliphatic carboxylic acids is 2. The first-order valence-electron chi connectivity index (χ1n) is 32.0. The number of carboxylic acid groups (broad SMARTS) is 2. The molecule has 0 spiro atoms. The minimum Gasteiger partial charge on any atom is -0.550 e. The van der Waals surface area contributed by atoms with Gasteiger partial charge < -0.3 is 29.3 Å². The zero-order valence-electron chi connectivity index (χ0n) is 49.3. The second kappa shape index (κ2) is 65.4. The summed E-state index contributed by atoms with van der Waals surface area (Å²) >= 11 is 0. The first-order chi connectivity index (χ1) is 35.2. The maximum Gasteiger partial charge on any atom is 2.00 e. The zero-order valence-corrected chi connectivity index (χ0v) is 51.5. The van der Waals surface area contributed by atoms with Crippen LogP contribution < -0.4 is 10.2 Å². The number of ether oxygens (including phenoxy) is 2. The zero-order chi connectivity index (χ0) is 53.1. The van der Waals surface area contributed by atoms with Gasteiger partial charge in [-0.3, -0.25) is 9.59 Å². The molecule has 2 atom stereocenters. The predicted octanol–water partition coefficient (Wildman–Crippen LogP) is 18.1. The molecule has 73 heavy (non-hydrogen) atoms. The molecule has 0 aromatic rings. The molecule has 0 amide bonds. The molecule has 0 bridgehead atoms. The fraction of sp³-hybridized carbons (Fsp3) is 0.938. The largest absolute Gasteiger partial charge is 2.00 e. The maximum atomic E-state index is 12.4. The van der Waals surface area contributed by atoms with Crippen molar-refractivity contribution in [2.75, 3.05) is 0 Å². The second-order valence-corrected chi connectivity index (χ2v) is 22.0. The first kappa shape index (κ1) is 76.4. The third-order valence-electron chi connectivity index (χ3n) is 14.6. The standard InChI is InChI=1S/2C32H62O4.Ca/c2*1-3-5-7-9-11-13-14-16-18-20-25-29-32(35)36-30(27-23-21-24-28-31(33)34)26-22-19-17-15-12-10-8-6-4-2;/h2*30H,3-29H2,1-2H3,(H,33,34);/q;;+2/p-2. The van der Waals surface area contributed by atoms with Gasteiger partial charge in [-0.05, 0) is 89.9 Å². The molecule has 0 radical (unpaired) electrons. The number of hydrogen-bond acceptors (Lipinski definition) is 8. The monoisotopic (exact) mass is 1060 g/mol. The van der Waals surface area contributed by atoms with Crippen molar-refractivity contribution in [1.29, 1.82) is 0 Å². The van der Waals surface area contributed by atoms with E-state index in [1.165, 1.54) is 218 Å². The summed E-state index contributed by atoms with van der Waals surface area (Å²) in [6.07, 6.45) is 61.3. The Morgan fingerprint density at radius 3 is 0.630 bits per heavy atom. The molecule has 9 heteroatoms. The Labute approximate surface area is 483 Å². The van der Waals surface area contributed by atoms with Gasteiger partial charge in [-0.15, -0.1) is 0 Å². The summed E-state index contributed by atoms with van der Waals surface area (Å²) in [5, 5.41) is 21.2. The average molecular weight is 1060 g/mol. The minimum atomic E-state index is -0.973. The van der Waals surface area contributed by atoms with Crippen molar-refractivity contribution in [3.05, 3.63) is 0 Å². The molecule has 2 unspecified atom stereocenters. The Morgan fingerprint density at radius 2 is 0.425 bits per heavy atom. The van der Waals surface area contributed by atoms with Gasteiger partial charge in [0, 0.05) is 24.8 Å². The van der Waals surface area contributed by atoms with Crippen LogP contribution in [-0.2, 0) is 28.7 Å². The Hall–Kier alpha value is -0.860. The molecule has 8 nitrogen and oxygen atoms in total. The van der Waals surface area contributed by atoms with Crippen LogP contribution in [0.1, 0.15) is 374 Å². The van der Waals surface area contributed by atoms with Gasteiger partial charge in [0.2, 0.25) is 0 Å². The number of carbonyl (C=O) groups is 4. The maximum absolute atomic E-state index is 12.4. The van der Waals surface area contributed by atoms with E-state index >= 15 is 0 Å². The van der Waals surface area contributed by atoms with Gasteiger partial charge in [0.1, 0.15) is 12.2 Å².